The highest BCUT2D eigenvalue weighted by Crippen LogP contribution is 2.31. The predicted octanol–water partition coefficient (Wildman–Crippen LogP) is 2.61. The van der Waals surface area contributed by atoms with Gasteiger partial charge >= 0.3 is 0 Å². The quantitative estimate of drug-likeness (QED) is 0.833. The van der Waals surface area contributed by atoms with E-state index in [4.69, 9.17) is 11.6 Å². The topological polar surface area (TPSA) is 40.5 Å². The Balaban J connectivity index is 3.04. The molecule has 0 saturated carbocycles. The molecular weight excluding hydrogens is 224 g/mol. The van der Waals surface area contributed by atoms with E-state index in [0.717, 1.165) is 12.0 Å². The zero-order valence-corrected chi connectivity index (χ0v) is 10.5. The third-order valence-corrected chi connectivity index (χ3v) is 3.11. The van der Waals surface area contributed by atoms with Gasteiger partial charge in [0.15, 0.2) is 0 Å². The number of halogens is 1. The van der Waals surface area contributed by atoms with Gasteiger partial charge in [-0.1, -0.05) is 37.6 Å². The molecule has 1 rings (SSSR count). The van der Waals surface area contributed by atoms with Crippen LogP contribution in [0.2, 0.25) is 5.02 Å². The first kappa shape index (κ1) is 13.5. The summed E-state index contributed by atoms with van der Waals surface area (Å²) in [5.41, 5.74) is 0.384. The second-order valence-electron chi connectivity index (χ2n) is 4.70. The lowest BCUT2D eigenvalue weighted by atomic mass is 9.75. The van der Waals surface area contributed by atoms with E-state index in [-0.39, 0.29) is 13.2 Å². The summed E-state index contributed by atoms with van der Waals surface area (Å²) in [7, 11) is 0. The van der Waals surface area contributed by atoms with Crippen LogP contribution in [-0.4, -0.2) is 23.4 Å². The highest BCUT2D eigenvalue weighted by atomic mass is 35.5. The van der Waals surface area contributed by atoms with Crippen molar-refractivity contribution < 1.29 is 10.2 Å². The third-order valence-electron chi connectivity index (χ3n) is 2.86. The van der Waals surface area contributed by atoms with Crippen LogP contribution in [0.1, 0.15) is 25.8 Å². The molecule has 0 radical (unpaired) electrons. The minimum atomic E-state index is -0.557. The van der Waals surface area contributed by atoms with E-state index in [1.807, 2.05) is 12.1 Å². The van der Waals surface area contributed by atoms with Crippen LogP contribution >= 0.6 is 11.6 Å². The molecule has 0 atom stereocenters. The average Bonchev–Trinajstić information content (AvgIpc) is 2.27. The molecular formula is C13H19ClO2. The normalized spacial score (nSPS) is 12.1. The Bertz CT molecular complexity index is 315. The van der Waals surface area contributed by atoms with Crippen molar-refractivity contribution >= 4 is 11.6 Å². The summed E-state index contributed by atoms with van der Waals surface area (Å²) >= 11 is 5.83. The first-order valence-electron chi connectivity index (χ1n) is 5.52. The van der Waals surface area contributed by atoms with Crippen LogP contribution in [0.15, 0.2) is 24.3 Å². The highest BCUT2D eigenvalue weighted by Gasteiger charge is 2.31. The van der Waals surface area contributed by atoms with E-state index in [9.17, 15) is 10.2 Å². The van der Waals surface area contributed by atoms with Crippen LogP contribution in [0.4, 0.5) is 0 Å². The van der Waals surface area contributed by atoms with Gasteiger partial charge in [0, 0.05) is 10.4 Å². The molecule has 0 aliphatic heterocycles. The van der Waals surface area contributed by atoms with Crippen LogP contribution in [0.3, 0.4) is 0 Å². The second kappa shape index (κ2) is 5.67. The predicted molar refractivity (Wildman–Crippen MR) is 66.8 cm³/mol. The van der Waals surface area contributed by atoms with Gasteiger partial charge in [0.2, 0.25) is 0 Å². The smallest absolute Gasteiger partial charge is 0.0550 e. The maximum Gasteiger partial charge on any atom is 0.0550 e. The Labute approximate surface area is 102 Å². The molecule has 16 heavy (non-hydrogen) atoms. The molecule has 0 fully saturated rings. The van der Waals surface area contributed by atoms with E-state index in [1.165, 1.54) is 0 Å². The molecule has 0 saturated heterocycles. The molecule has 3 heteroatoms. The maximum absolute atomic E-state index is 9.56. The molecule has 0 amide bonds. The molecule has 2 N–H and O–H groups in total. The summed E-state index contributed by atoms with van der Waals surface area (Å²) in [5.74, 6) is 0.412. The van der Waals surface area contributed by atoms with Crippen molar-refractivity contribution in [3.63, 3.8) is 0 Å². The number of hydrogen-bond donors (Lipinski definition) is 2. The van der Waals surface area contributed by atoms with Gasteiger partial charge in [-0.25, -0.2) is 0 Å². The summed E-state index contributed by atoms with van der Waals surface area (Å²) in [4.78, 5) is 0. The van der Waals surface area contributed by atoms with E-state index in [0.29, 0.717) is 10.9 Å². The summed E-state index contributed by atoms with van der Waals surface area (Å²) in [5, 5.41) is 19.8. The number of hydrogen-bond acceptors (Lipinski definition) is 2. The number of rotatable bonds is 5. The minimum Gasteiger partial charge on any atom is -0.395 e. The number of aliphatic hydroxyl groups is 2. The van der Waals surface area contributed by atoms with Gasteiger partial charge in [-0.2, -0.15) is 0 Å². The lowest BCUT2D eigenvalue weighted by Crippen LogP contribution is -2.36. The maximum atomic E-state index is 9.56. The van der Waals surface area contributed by atoms with Crippen molar-refractivity contribution in [1.82, 2.24) is 0 Å². The monoisotopic (exact) mass is 242 g/mol. The minimum absolute atomic E-state index is 0.0523. The van der Waals surface area contributed by atoms with Crippen molar-refractivity contribution in [2.24, 2.45) is 5.92 Å². The van der Waals surface area contributed by atoms with Crippen LogP contribution in [-0.2, 0) is 5.41 Å². The molecule has 0 heterocycles. The molecule has 1 aromatic carbocycles. The van der Waals surface area contributed by atoms with Crippen molar-refractivity contribution in [3.05, 3.63) is 34.9 Å². The van der Waals surface area contributed by atoms with Crippen molar-refractivity contribution in [3.8, 4) is 0 Å². The highest BCUT2D eigenvalue weighted by molar-refractivity contribution is 6.30. The summed E-state index contributed by atoms with van der Waals surface area (Å²) in [6.45, 7) is 4.05. The molecule has 2 nitrogen and oxygen atoms in total. The standard InChI is InChI=1S/C13H19ClO2/c1-10(2)7-13(8-15,9-16)11-3-5-12(14)6-4-11/h3-6,10,15-16H,7-9H2,1-2H3. The van der Waals surface area contributed by atoms with E-state index in [2.05, 4.69) is 13.8 Å². The zero-order chi connectivity index (χ0) is 12.2. The Morgan fingerprint density at radius 1 is 1.12 bits per heavy atom. The molecule has 0 aliphatic rings. The Morgan fingerprint density at radius 2 is 1.62 bits per heavy atom. The Hall–Kier alpha value is -0.570. The third kappa shape index (κ3) is 2.97. The molecule has 0 spiro atoms. The van der Waals surface area contributed by atoms with Gasteiger partial charge in [-0.05, 0) is 30.0 Å². The van der Waals surface area contributed by atoms with Crippen LogP contribution < -0.4 is 0 Å². The molecule has 0 bridgehead atoms. The van der Waals surface area contributed by atoms with Crippen molar-refractivity contribution in [1.29, 1.82) is 0 Å². The summed E-state index contributed by atoms with van der Waals surface area (Å²) in [6, 6.07) is 7.32. The lowest BCUT2D eigenvalue weighted by Gasteiger charge is -2.32. The molecule has 0 unspecified atom stereocenters. The fraction of sp³-hybridized carbons (Fsp3) is 0.538. The molecule has 0 aromatic heterocycles. The van der Waals surface area contributed by atoms with Gasteiger partial charge in [0.25, 0.3) is 0 Å². The molecule has 1 aromatic rings. The first-order valence-corrected chi connectivity index (χ1v) is 5.89. The number of aliphatic hydroxyl groups excluding tert-OH is 2. The fourth-order valence-electron chi connectivity index (χ4n) is 2.06. The summed E-state index contributed by atoms with van der Waals surface area (Å²) < 4.78 is 0. The zero-order valence-electron chi connectivity index (χ0n) is 9.78. The van der Waals surface area contributed by atoms with E-state index >= 15 is 0 Å². The SMILES string of the molecule is CC(C)CC(CO)(CO)c1ccc(Cl)cc1. The van der Waals surface area contributed by atoms with Gasteiger partial charge < -0.3 is 10.2 Å². The van der Waals surface area contributed by atoms with E-state index in [1.54, 1.807) is 12.1 Å². The van der Waals surface area contributed by atoms with Crippen LogP contribution in [0.25, 0.3) is 0 Å². The number of benzene rings is 1. The largest absolute Gasteiger partial charge is 0.395 e. The van der Waals surface area contributed by atoms with Crippen LogP contribution in [0, 0.1) is 5.92 Å². The van der Waals surface area contributed by atoms with Gasteiger partial charge in [-0.3, -0.25) is 0 Å². The van der Waals surface area contributed by atoms with Gasteiger partial charge in [-0.15, -0.1) is 0 Å². The van der Waals surface area contributed by atoms with E-state index < -0.39 is 5.41 Å². The summed E-state index contributed by atoms with van der Waals surface area (Å²) in [6.07, 6.45) is 0.752. The Morgan fingerprint density at radius 3 is 2.00 bits per heavy atom. The first-order chi connectivity index (χ1) is 7.54. The average molecular weight is 243 g/mol. The molecule has 0 aliphatic carbocycles. The van der Waals surface area contributed by atoms with Crippen molar-refractivity contribution in [2.45, 2.75) is 25.7 Å². The molecule has 90 valence electrons. The lowest BCUT2D eigenvalue weighted by molar-refractivity contribution is 0.0990. The Kier molecular flexibility index (Phi) is 4.78. The van der Waals surface area contributed by atoms with Gasteiger partial charge in [0.1, 0.15) is 0 Å². The fourth-order valence-corrected chi connectivity index (χ4v) is 2.19. The second-order valence-corrected chi connectivity index (χ2v) is 5.14. The van der Waals surface area contributed by atoms with Gasteiger partial charge in [0.05, 0.1) is 13.2 Å². The van der Waals surface area contributed by atoms with Crippen LogP contribution in [0.5, 0.6) is 0 Å². The van der Waals surface area contributed by atoms with Crippen molar-refractivity contribution in [2.75, 3.05) is 13.2 Å².